The van der Waals surface area contributed by atoms with Crippen LogP contribution in [-0.4, -0.2) is 215 Å². The third-order valence-electron chi connectivity index (χ3n) is 33.8. The van der Waals surface area contributed by atoms with Crippen molar-refractivity contribution in [2.45, 2.75) is 329 Å². The number of aryl methyl sites for hydroxylation is 1. The van der Waals surface area contributed by atoms with Gasteiger partial charge in [-0.3, -0.25) is 9.11 Å². The fourth-order valence-electron chi connectivity index (χ4n) is 24.8. The van der Waals surface area contributed by atoms with E-state index >= 15 is 0 Å². The molecular formula is C125H184N8O11S4+2. The third kappa shape index (κ3) is 28.8. The van der Waals surface area contributed by atoms with E-state index in [9.17, 15) is 49.9 Å². The van der Waals surface area contributed by atoms with Gasteiger partial charge in [-0.2, -0.15) is 0 Å². The van der Waals surface area contributed by atoms with Crippen molar-refractivity contribution in [3.63, 3.8) is 0 Å². The summed E-state index contributed by atoms with van der Waals surface area (Å²) in [5.41, 5.74) is 12.3. The Morgan fingerprint density at radius 1 is 0.358 bits per heavy atom. The molecule has 0 spiro atoms. The van der Waals surface area contributed by atoms with Crippen molar-refractivity contribution in [3.05, 3.63) is 262 Å². The summed E-state index contributed by atoms with van der Waals surface area (Å²) in [6.07, 6.45) is 29.9. The van der Waals surface area contributed by atoms with Crippen LogP contribution in [-0.2, 0) is 53.3 Å². The number of pyridine rings is 1. The number of aliphatic hydroxyl groups excluding tert-OH is 4. The fourth-order valence-corrected chi connectivity index (χ4v) is 33.2. The average molecular weight is 2100 g/mol. The van der Waals surface area contributed by atoms with Crippen molar-refractivity contribution in [2.75, 3.05) is 157 Å². The molecule has 8 aromatic carbocycles. The number of hydrogen-bond acceptors (Lipinski definition) is 17. The Balaban J connectivity index is 0.000000177. The molecule has 0 amide bonds. The van der Waals surface area contributed by atoms with Crippen LogP contribution >= 0.6 is 0 Å². The van der Waals surface area contributed by atoms with Crippen LogP contribution in [0, 0.1) is 21.7 Å². The minimum absolute atomic E-state index is 0.000415. The number of nitrogens with zero attached hydrogens (tertiary/aromatic N) is 7. The van der Waals surface area contributed by atoms with Gasteiger partial charge in [0.05, 0.1) is 93.3 Å². The van der Waals surface area contributed by atoms with Gasteiger partial charge in [-0.15, -0.1) is 0 Å². The van der Waals surface area contributed by atoms with Crippen molar-refractivity contribution in [1.82, 2.24) is 4.90 Å². The van der Waals surface area contributed by atoms with Gasteiger partial charge in [-0.05, 0) is 225 Å². The van der Waals surface area contributed by atoms with Crippen LogP contribution in [0.15, 0.2) is 226 Å². The van der Waals surface area contributed by atoms with E-state index in [0.29, 0.717) is 63.8 Å². The molecule has 0 aliphatic carbocycles. The highest BCUT2D eigenvalue weighted by Crippen LogP contribution is 2.56. The summed E-state index contributed by atoms with van der Waals surface area (Å²) in [4.78, 5) is 12.7. The van der Waals surface area contributed by atoms with Crippen LogP contribution in [0.4, 0.5) is 28.4 Å². The first-order chi connectivity index (χ1) is 70.9. The lowest BCUT2D eigenvalue weighted by Gasteiger charge is -2.50. The molecule has 9 atom stereocenters. The maximum Gasteiger partial charge on any atom is 0.179 e. The molecule has 16 rings (SSSR count). The van der Waals surface area contributed by atoms with Gasteiger partial charge in [-0.1, -0.05) is 262 Å². The minimum atomic E-state index is -3.60. The summed E-state index contributed by atoms with van der Waals surface area (Å²) in [7, 11) is 3.96. The zero-order valence-corrected chi connectivity index (χ0v) is 96.3. The number of piperazine rings is 3. The summed E-state index contributed by atoms with van der Waals surface area (Å²) in [6.45, 7) is 30.2. The van der Waals surface area contributed by atoms with E-state index in [1.807, 2.05) is 181 Å². The molecule has 7 aliphatic rings. The van der Waals surface area contributed by atoms with E-state index in [2.05, 4.69) is 161 Å². The second-order valence-corrected chi connectivity index (χ2v) is 52.7. The van der Waals surface area contributed by atoms with Crippen LogP contribution in [0.1, 0.15) is 328 Å². The highest BCUT2D eigenvalue weighted by Gasteiger charge is 2.55. The summed E-state index contributed by atoms with van der Waals surface area (Å²) < 4.78 is 101. The van der Waals surface area contributed by atoms with Crippen molar-refractivity contribution in [2.24, 2.45) is 21.7 Å². The number of sulfone groups is 3. The third-order valence-corrected chi connectivity index (χ3v) is 41.5. The molecule has 5 N–H and O–H groups in total. The van der Waals surface area contributed by atoms with E-state index in [4.69, 9.17) is 0 Å². The van der Waals surface area contributed by atoms with Gasteiger partial charge in [-0.25, -0.2) is 29.8 Å². The first-order valence-corrected chi connectivity index (χ1v) is 62.8. The van der Waals surface area contributed by atoms with Crippen LogP contribution in [0.25, 0.3) is 0 Å². The lowest BCUT2D eigenvalue weighted by atomic mass is 9.68. The first kappa shape index (κ1) is 118. The van der Waals surface area contributed by atoms with E-state index in [1.54, 1.807) is 18.2 Å². The van der Waals surface area contributed by atoms with Crippen LogP contribution in [0.2, 0.25) is 0 Å². The number of fused-ring (bicyclic) bond motifs is 7. The predicted octanol–water partition coefficient (Wildman–Crippen LogP) is 24.3. The normalized spacial score (nSPS) is 22.8. The number of rotatable bonds is 44. The number of benzene rings is 8. The number of quaternary nitrogens is 1. The second kappa shape index (κ2) is 54.5. The van der Waals surface area contributed by atoms with Gasteiger partial charge in [0.2, 0.25) is 0 Å². The Morgan fingerprint density at radius 2 is 0.709 bits per heavy atom. The van der Waals surface area contributed by atoms with Crippen molar-refractivity contribution in [3.8, 4) is 0 Å². The summed E-state index contributed by atoms with van der Waals surface area (Å²) in [6, 6.07) is 64.9. The standard InChI is InChI=1S/C37H58N3O3S.C32H43N2O3S.C30H46N2O3S.C26H37NO2S/c1-5-7-19-37(20-8-6-2)29-44(42,43)34-18-17-32(38(3)4)28-33(34)35(36(37)41)31-15-13-30(14-16-31)12-10-9-11-24-40-25-21-39(22-26-40)23-27-40;1-5-7-17-32(18-8-6-2)24-38(36,37)29-16-15-27(33(3)4)22-28(29)30(31(32)35)26-14-12-13-25(21-26)23-34-19-10-9-11-20-34;1-6-9-17-30(18-10-7-2)22-36(34,35)27-16-15-25(32(4)5)21-26(27)28(29(30)33)23-13-12-14-24(20-23)31-19-11-8-3;1-5-7-16-26(17-8-6-2)19-30(29)23-15-14-21(27(3)4)18-22(23)24(25(26)28)20-12-10-9-11-13-20/h13-18,28,35-36,41H,5-12,19-27,29H2,1-4H3;9-16,19-22,30-31,35H,5-8,17-18,23-24H2,1-4H3;12-16,20-21,28-29,31,33H,6-11,17-19,22H2,1-5H3;9-15,18,24-25,28H,5-8,16-17,19H2,1-4H3/q2*+1;;/t35-,36-;30-,31-;28-,29-;24-,25-,30?/m1111/s1. The summed E-state index contributed by atoms with van der Waals surface area (Å²) in [5, 5.41) is 52.6. The highest BCUT2D eigenvalue weighted by molar-refractivity contribution is 7.92. The molecule has 812 valence electrons. The van der Waals surface area contributed by atoms with E-state index < -0.39 is 92.8 Å². The maximum atomic E-state index is 14.1. The molecule has 1 unspecified atom stereocenters. The quantitative estimate of drug-likeness (QED) is 0.0136. The van der Waals surface area contributed by atoms with E-state index in [0.717, 1.165) is 227 Å². The molecule has 7 aliphatic heterocycles. The Labute approximate surface area is 895 Å². The zero-order chi connectivity index (χ0) is 107. The molecule has 0 radical (unpaired) electrons. The van der Waals surface area contributed by atoms with Gasteiger partial charge >= 0.3 is 0 Å². The van der Waals surface area contributed by atoms with Gasteiger partial charge < -0.3 is 49.8 Å². The minimum Gasteiger partial charge on any atom is -0.392 e. The Hall–Kier alpha value is -8.33. The molecule has 148 heavy (non-hydrogen) atoms. The molecule has 1 aromatic heterocycles. The van der Waals surface area contributed by atoms with Crippen molar-refractivity contribution in [1.29, 1.82) is 0 Å². The zero-order valence-electron chi connectivity index (χ0n) is 93.1. The Bertz CT molecular complexity index is 6010. The largest absolute Gasteiger partial charge is 0.392 e. The van der Waals surface area contributed by atoms with E-state index in [-0.39, 0.29) is 34.5 Å². The lowest BCUT2D eigenvalue weighted by molar-refractivity contribution is -0.941. The van der Waals surface area contributed by atoms with Gasteiger partial charge in [0.25, 0.3) is 0 Å². The van der Waals surface area contributed by atoms with Gasteiger partial charge in [0.15, 0.2) is 48.5 Å². The average Bonchev–Trinajstić information content (AvgIpc) is 1.59. The molecule has 9 aromatic rings. The molecule has 23 heteroatoms. The Morgan fingerprint density at radius 3 is 1.12 bits per heavy atom. The predicted molar refractivity (Wildman–Crippen MR) is 616 cm³/mol. The highest BCUT2D eigenvalue weighted by atomic mass is 32.2. The van der Waals surface area contributed by atoms with Crippen LogP contribution < -0.4 is 29.5 Å². The first-order valence-electron chi connectivity index (χ1n) is 56.6. The van der Waals surface area contributed by atoms with Crippen molar-refractivity contribution < 1.29 is 58.9 Å². The fraction of sp³-hybridized carbons (Fsp3) is 0.576. The summed E-state index contributed by atoms with van der Waals surface area (Å²) >= 11 is 0. The number of hydrogen-bond donors (Lipinski definition) is 5. The van der Waals surface area contributed by atoms with Crippen LogP contribution in [0.5, 0.6) is 0 Å². The molecule has 3 fully saturated rings. The molecule has 19 nitrogen and oxygen atoms in total. The smallest absolute Gasteiger partial charge is 0.179 e. The maximum absolute atomic E-state index is 14.1. The number of aliphatic hydroxyl groups is 4. The second-order valence-electron chi connectivity index (χ2n) is 45.4. The monoisotopic (exact) mass is 2100 g/mol. The molecule has 8 heterocycles. The Kier molecular flexibility index (Phi) is 43.5. The van der Waals surface area contributed by atoms with Gasteiger partial charge in [0.1, 0.15) is 0 Å². The number of aromatic nitrogens is 1. The molecule has 0 saturated carbocycles. The number of anilines is 5. The number of unbranched alkanes of at least 4 members (excludes halogenated alkanes) is 11. The van der Waals surface area contributed by atoms with Gasteiger partial charge in [0, 0.05) is 185 Å². The molecule has 3 saturated heterocycles. The van der Waals surface area contributed by atoms with Crippen LogP contribution in [0.3, 0.4) is 0 Å². The molecule has 2 bridgehead atoms. The number of nitrogens with one attached hydrogen (secondary N) is 1. The van der Waals surface area contributed by atoms with E-state index in [1.165, 1.54) is 75.1 Å². The SMILES string of the molecule is CCCCC1(CCCC)CS(=O)(=O)c2ccc(N(C)C)cc2[C@@H](c2ccc(CCCCC[N+]34CCN(CC3)CC4)cc2)[C@H]1O.CCCCC1(CCCC)CS(=O)(=O)c2ccc(N(C)C)cc2[C@@H](c2cccc(C[n+]3ccccc3)c2)[C@H]1O.CCCCC1(CCCC)CS(=O)c2ccc(N(C)C)cc2[C@@H](c2ccccc2)[C@H]1O.CCCCNc1cccc([C@@H]2c3cc(N(C)C)ccc3S(=O)(=O)CC(CCCC)(CCCC)[C@@H]2O)c1. The topological polar surface area (TPSA) is 233 Å². The molecular weight excluding hydrogens is 1920 g/mol. The summed E-state index contributed by atoms with van der Waals surface area (Å²) in [5.74, 6) is -0.847. The van der Waals surface area contributed by atoms with Crippen molar-refractivity contribution >= 4 is 68.7 Å². The lowest BCUT2D eigenvalue weighted by Crippen LogP contribution is -2.67.